The van der Waals surface area contributed by atoms with Gasteiger partial charge in [-0.15, -0.1) is 5.10 Å². The highest BCUT2D eigenvalue weighted by atomic mass is 19.4. The molecule has 2 aromatic heterocycles. The van der Waals surface area contributed by atoms with Gasteiger partial charge in [0, 0.05) is 12.4 Å². The molecule has 1 unspecified atom stereocenters. The summed E-state index contributed by atoms with van der Waals surface area (Å²) in [6, 6.07) is -1.35. The van der Waals surface area contributed by atoms with Crippen LogP contribution >= 0.6 is 0 Å². The predicted molar refractivity (Wildman–Crippen MR) is 75.7 cm³/mol. The fourth-order valence-electron chi connectivity index (χ4n) is 1.91. The zero-order valence-corrected chi connectivity index (χ0v) is 12.6. The van der Waals surface area contributed by atoms with Gasteiger partial charge in [-0.25, -0.2) is 9.78 Å². The fourth-order valence-corrected chi connectivity index (χ4v) is 1.91. The molecule has 0 aliphatic rings. The van der Waals surface area contributed by atoms with Crippen LogP contribution in [0.4, 0.5) is 23.7 Å². The number of aromatic nitrogens is 4. The molecule has 7 nitrogen and oxygen atoms in total. The summed E-state index contributed by atoms with van der Waals surface area (Å²) >= 11 is 0. The molecule has 2 heterocycles. The van der Waals surface area contributed by atoms with Gasteiger partial charge < -0.3 is 10.6 Å². The van der Waals surface area contributed by atoms with Crippen LogP contribution in [0.1, 0.15) is 35.7 Å². The number of hydrogen-bond acceptors (Lipinski definition) is 4. The van der Waals surface area contributed by atoms with Crippen LogP contribution in [0.2, 0.25) is 0 Å². The number of hydrogen-bond donors (Lipinski definition) is 3. The minimum atomic E-state index is -4.64. The molecule has 0 saturated heterocycles. The van der Waals surface area contributed by atoms with Crippen molar-refractivity contribution >= 4 is 11.7 Å². The number of halogens is 3. The van der Waals surface area contributed by atoms with Gasteiger partial charge in [0.05, 0.1) is 11.7 Å². The molecule has 0 bridgehead atoms. The number of H-pyrrole nitrogens is 1. The molecule has 0 radical (unpaired) electrons. The van der Waals surface area contributed by atoms with Gasteiger partial charge in [-0.2, -0.15) is 13.2 Å². The summed E-state index contributed by atoms with van der Waals surface area (Å²) in [5.41, 5.74) is 2.14. The summed E-state index contributed by atoms with van der Waals surface area (Å²) in [6.45, 7) is 5.06. The van der Waals surface area contributed by atoms with E-state index in [1.165, 1.54) is 6.92 Å². The van der Waals surface area contributed by atoms with Crippen molar-refractivity contribution in [2.24, 2.45) is 0 Å². The average Bonchev–Trinajstić information content (AvgIpc) is 2.93. The van der Waals surface area contributed by atoms with Crippen molar-refractivity contribution < 1.29 is 18.0 Å². The molecule has 0 aliphatic heterocycles. The smallest absolute Gasteiger partial charge is 0.328 e. The lowest BCUT2D eigenvalue weighted by Gasteiger charge is -2.14. The van der Waals surface area contributed by atoms with E-state index in [9.17, 15) is 18.0 Å². The second-order valence-electron chi connectivity index (χ2n) is 5.01. The van der Waals surface area contributed by atoms with Crippen molar-refractivity contribution in [1.82, 2.24) is 25.5 Å². The largest absolute Gasteiger partial charge is 0.453 e. The molecule has 0 spiro atoms. The number of aromatic amines is 1. The van der Waals surface area contributed by atoms with Crippen LogP contribution in [-0.4, -0.2) is 26.2 Å². The lowest BCUT2D eigenvalue weighted by molar-refractivity contribution is -0.144. The number of nitrogens with zero attached hydrogens (tertiary/aromatic N) is 3. The average molecular weight is 328 g/mol. The highest BCUT2D eigenvalue weighted by Gasteiger charge is 2.36. The Bertz CT molecular complexity index is 692. The number of amides is 2. The summed E-state index contributed by atoms with van der Waals surface area (Å²) in [5.74, 6) is -1.36. The van der Waals surface area contributed by atoms with Crippen molar-refractivity contribution in [2.75, 3.05) is 5.32 Å². The number of urea groups is 1. The first-order valence-corrected chi connectivity index (χ1v) is 6.66. The van der Waals surface area contributed by atoms with Crippen LogP contribution in [0.15, 0.2) is 12.4 Å². The Labute approximate surface area is 129 Å². The molecule has 0 fully saturated rings. The van der Waals surface area contributed by atoms with Gasteiger partial charge >= 0.3 is 12.2 Å². The summed E-state index contributed by atoms with van der Waals surface area (Å²) < 4.78 is 37.4. The molecule has 3 N–H and O–H groups in total. The molecule has 2 rings (SSSR count). The number of nitrogens with one attached hydrogen (secondary N) is 3. The Morgan fingerprint density at radius 1 is 1.26 bits per heavy atom. The van der Waals surface area contributed by atoms with E-state index >= 15 is 0 Å². The Hall–Kier alpha value is -2.65. The first-order valence-electron chi connectivity index (χ1n) is 6.66. The van der Waals surface area contributed by atoms with Crippen LogP contribution in [-0.2, 0) is 6.18 Å². The first-order chi connectivity index (χ1) is 10.7. The number of aryl methyl sites for hydroxylation is 2. The minimum absolute atomic E-state index is 0.0874. The number of carbonyl (C=O) groups is 1. The standard InChI is InChI=1S/C13H15F3N6O/c1-6-4-17-5-7(2)9(6)19-12(23)18-8(3)10-20-11(22-21-10)13(14,15)16/h4-5,8H,1-3H3,(H,20,21,22)(H2,17,18,19,23). The fraction of sp³-hybridized carbons (Fsp3) is 0.385. The number of alkyl halides is 3. The van der Waals surface area contributed by atoms with E-state index < -0.39 is 24.1 Å². The molecular formula is C13H15F3N6O. The third kappa shape index (κ3) is 3.96. The molecule has 23 heavy (non-hydrogen) atoms. The van der Waals surface area contributed by atoms with E-state index in [2.05, 4.69) is 30.8 Å². The summed E-state index contributed by atoms with van der Waals surface area (Å²) in [4.78, 5) is 19.3. The van der Waals surface area contributed by atoms with Crippen molar-refractivity contribution in [2.45, 2.75) is 33.0 Å². The van der Waals surface area contributed by atoms with Crippen LogP contribution in [0.5, 0.6) is 0 Å². The van der Waals surface area contributed by atoms with E-state index in [0.29, 0.717) is 5.69 Å². The van der Waals surface area contributed by atoms with Gasteiger partial charge in [-0.1, -0.05) is 0 Å². The van der Waals surface area contributed by atoms with Crippen molar-refractivity contribution in [3.05, 3.63) is 35.2 Å². The normalized spacial score (nSPS) is 12.8. The number of rotatable bonds is 3. The first kappa shape index (κ1) is 16.7. The predicted octanol–water partition coefficient (Wildman–Crippen LogP) is 2.72. The highest BCUT2D eigenvalue weighted by molar-refractivity contribution is 5.91. The maximum Gasteiger partial charge on any atom is 0.453 e. The second-order valence-corrected chi connectivity index (χ2v) is 5.01. The van der Waals surface area contributed by atoms with E-state index in [1.54, 1.807) is 26.2 Å². The summed E-state index contributed by atoms with van der Waals surface area (Å²) in [7, 11) is 0. The number of carbonyl (C=O) groups excluding carboxylic acids is 1. The van der Waals surface area contributed by atoms with Crippen LogP contribution in [0, 0.1) is 13.8 Å². The van der Waals surface area contributed by atoms with Gasteiger partial charge in [0.25, 0.3) is 5.82 Å². The SMILES string of the molecule is Cc1cncc(C)c1NC(=O)NC(C)c1nc(C(F)(F)F)n[nH]1. The van der Waals surface area contributed by atoms with Crippen molar-refractivity contribution in [3.63, 3.8) is 0 Å². The zero-order valence-electron chi connectivity index (χ0n) is 12.6. The molecule has 0 saturated carbocycles. The summed E-state index contributed by atoms with van der Waals surface area (Å²) in [5, 5.41) is 10.4. The maximum absolute atomic E-state index is 12.5. The molecule has 2 amide bonds. The van der Waals surface area contributed by atoms with Crippen molar-refractivity contribution in [1.29, 1.82) is 0 Å². The molecule has 0 aliphatic carbocycles. The van der Waals surface area contributed by atoms with Gasteiger partial charge in [-0.05, 0) is 31.9 Å². The minimum Gasteiger partial charge on any atom is -0.328 e. The Balaban J connectivity index is 2.04. The quantitative estimate of drug-likeness (QED) is 0.807. The van der Waals surface area contributed by atoms with Gasteiger partial charge in [0.15, 0.2) is 0 Å². The number of anilines is 1. The Morgan fingerprint density at radius 3 is 2.39 bits per heavy atom. The molecule has 0 aromatic carbocycles. The topological polar surface area (TPSA) is 95.6 Å². The lowest BCUT2D eigenvalue weighted by atomic mass is 10.2. The Kier molecular flexibility index (Phi) is 4.52. The molecule has 1 atom stereocenters. The number of pyridine rings is 1. The van der Waals surface area contributed by atoms with E-state index in [4.69, 9.17) is 0 Å². The molecular weight excluding hydrogens is 313 g/mol. The zero-order chi connectivity index (χ0) is 17.2. The maximum atomic E-state index is 12.5. The van der Waals surface area contributed by atoms with Crippen LogP contribution in [0.3, 0.4) is 0 Å². The molecule has 124 valence electrons. The molecule has 2 aromatic rings. The van der Waals surface area contributed by atoms with Gasteiger partial charge in [0.2, 0.25) is 0 Å². The van der Waals surface area contributed by atoms with E-state index in [-0.39, 0.29) is 5.82 Å². The third-order valence-electron chi connectivity index (χ3n) is 3.08. The monoisotopic (exact) mass is 328 g/mol. The van der Waals surface area contributed by atoms with Crippen LogP contribution < -0.4 is 10.6 Å². The highest BCUT2D eigenvalue weighted by Crippen LogP contribution is 2.26. The third-order valence-corrected chi connectivity index (χ3v) is 3.08. The molecule has 10 heteroatoms. The second kappa shape index (κ2) is 6.23. The summed E-state index contributed by atoms with van der Waals surface area (Å²) in [6.07, 6.45) is -1.45. The van der Waals surface area contributed by atoms with Crippen molar-refractivity contribution in [3.8, 4) is 0 Å². The van der Waals surface area contributed by atoms with Gasteiger partial charge in [-0.3, -0.25) is 10.1 Å². The van der Waals surface area contributed by atoms with Gasteiger partial charge in [0.1, 0.15) is 5.82 Å². The van der Waals surface area contributed by atoms with Crippen LogP contribution in [0.25, 0.3) is 0 Å². The van der Waals surface area contributed by atoms with E-state index in [0.717, 1.165) is 11.1 Å². The lowest BCUT2D eigenvalue weighted by Crippen LogP contribution is -2.32. The Morgan fingerprint density at radius 2 is 1.87 bits per heavy atom. The van der Waals surface area contributed by atoms with E-state index in [1.807, 2.05) is 0 Å².